The number of nitrogens with one attached hydrogen (secondary N) is 3. The molecule has 1 aromatic heterocycles. The van der Waals surface area contributed by atoms with Crippen LogP contribution in [0.15, 0.2) is 35.1 Å². The van der Waals surface area contributed by atoms with Crippen LogP contribution < -0.4 is 16.2 Å². The monoisotopic (exact) mass is 301 g/mol. The Hall–Kier alpha value is -2.63. The number of amides is 2. The van der Waals surface area contributed by atoms with E-state index in [9.17, 15) is 14.4 Å². The molecule has 0 radical (unpaired) electrons. The van der Waals surface area contributed by atoms with Gasteiger partial charge in [0.25, 0.3) is 5.91 Å². The Morgan fingerprint density at radius 1 is 1.27 bits per heavy atom. The van der Waals surface area contributed by atoms with Gasteiger partial charge in [-0.05, 0) is 19.4 Å². The van der Waals surface area contributed by atoms with Crippen molar-refractivity contribution in [2.75, 3.05) is 6.54 Å². The fourth-order valence-electron chi connectivity index (χ4n) is 2.13. The molecule has 6 heteroatoms. The first-order valence-electron chi connectivity index (χ1n) is 7.23. The number of carbonyl (C=O) groups excluding carboxylic acids is 2. The van der Waals surface area contributed by atoms with E-state index in [0.29, 0.717) is 17.4 Å². The third kappa shape index (κ3) is 3.52. The lowest BCUT2D eigenvalue weighted by atomic mass is 10.1. The Balaban J connectivity index is 2.23. The van der Waals surface area contributed by atoms with Crippen LogP contribution in [0.3, 0.4) is 0 Å². The molecule has 0 fully saturated rings. The van der Waals surface area contributed by atoms with E-state index >= 15 is 0 Å². The van der Waals surface area contributed by atoms with E-state index in [4.69, 9.17) is 0 Å². The number of benzene rings is 1. The van der Waals surface area contributed by atoms with Crippen LogP contribution in [0.5, 0.6) is 0 Å². The van der Waals surface area contributed by atoms with Gasteiger partial charge in [0.15, 0.2) is 0 Å². The van der Waals surface area contributed by atoms with Crippen molar-refractivity contribution in [1.29, 1.82) is 0 Å². The molecule has 1 aromatic carbocycles. The zero-order valence-electron chi connectivity index (χ0n) is 12.6. The summed E-state index contributed by atoms with van der Waals surface area (Å²) < 4.78 is 0. The second-order valence-electron chi connectivity index (χ2n) is 5.08. The molecule has 3 N–H and O–H groups in total. The molecule has 116 valence electrons. The number of pyridine rings is 1. The number of H-pyrrole nitrogens is 1. The van der Waals surface area contributed by atoms with Crippen LogP contribution in [-0.4, -0.2) is 29.4 Å². The second kappa shape index (κ2) is 6.89. The first kappa shape index (κ1) is 15.8. The average Bonchev–Trinajstić information content (AvgIpc) is 2.51. The Labute approximate surface area is 127 Å². The first-order valence-corrected chi connectivity index (χ1v) is 7.23. The van der Waals surface area contributed by atoms with Crippen LogP contribution in [-0.2, 0) is 4.79 Å². The first-order chi connectivity index (χ1) is 10.5. The van der Waals surface area contributed by atoms with E-state index in [2.05, 4.69) is 15.6 Å². The second-order valence-corrected chi connectivity index (χ2v) is 5.08. The molecule has 0 aliphatic carbocycles. The number of aromatic nitrogens is 1. The van der Waals surface area contributed by atoms with E-state index < -0.39 is 11.9 Å². The predicted molar refractivity (Wildman–Crippen MR) is 84.8 cm³/mol. The van der Waals surface area contributed by atoms with Crippen molar-refractivity contribution >= 4 is 22.7 Å². The number of hydrogen-bond acceptors (Lipinski definition) is 3. The van der Waals surface area contributed by atoms with Crippen LogP contribution in [0.1, 0.15) is 30.6 Å². The van der Waals surface area contributed by atoms with Crippen molar-refractivity contribution in [3.05, 3.63) is 46.2 Å². The summed E-state index contributed by atoms with van der Waals surface area (Å²) in [6.07, 6.45) is 0.825. The highest BCUT2D eigenvalue weighted by Crippen LogP contribution is 2.14. The van der Waals surface area contributed by atoms with Crippen LogP contribution in [0.4, 0.5) is 0 Å². The molecule has 0 spiro atoms. The van der Waals surface area contributed by atoms with Crippen molar-refractivity contribution in [2.45, 2.75) is 26.3 Å². The molecule has 1 atom stereocenters. The molecule has 0 aliphatic rings. The summed E-state index contributed by atoms with van der Waals surface area (Å²) in [6, 6.07) is 7.62. The number of rotatable bonds is 5. The Kier molecular flexibility index (Phi) is 4.93. The van der Waals surface area contributed by atoms with E-state index in [1.165, 1.54) is 6.07 Å². The fourth-order valence-corrected chi connectivity index (χ4v) is 2.13. The average molecular weight is 301 g/mol. The number of fused-ring (bicyclic) bond motifs is 1. The molecule has 0 unspecified atom stereocenters. The molecule has 2 aromatic rings. The number of aromatic amines is 1. The molecule has 0 bridgehead atoms. The smallest absolute Gasteiger partial charge is 0.252 e. The van der Waals surface area contributed by atoms with E-state index in [-0.39, 0.29) is 17.0 Å². The van der Waals surface area contributed by atoms with Gasteiger partial charge in [0.05, 0.1) is 5.56 Å². The summed E-state index contributed by atoms with van der Waals surface area (Å²) in [5.74, 6) is -0.689. The normalized spacial score (nSPS) is 11.9. The minimum absolute atomic E-state index is 0.246. The molecule has 22 heavy (non-hydrogen) atoms. The third-order valence-electron chi connectivity index (χ3n) is 3.29. The van der Waals surface area contributed by atoms with Crippen molar-refractivity contribution in [3.8, 4) is 0 Å². The van der Waals surface area contributed by atoms with Gasteiger partial charge in [-0.15, -0.1) is 0 Å². The van der Waals surface area contributed by atoms with Crippen molar-refractivity contribution in [3.63, 3.8) is 0 Å². The SMILES string of the molecule is CCCNC(=O)[C@@H](C)NC(=O)c1cc(=O)[nH]c2ccccc12. The molecule has 2 rings (SSSR count). The van der Waals surface area contributed by atoms with Crippen LogP contribution in [0, 0.1) is 0 Å². The van der Waals surface area contributed by atoms with E-state index in [1.54, 1.807) is 31.2 Å². The van der Waals surface area contributed by atoms with E-state index in [0.717, 1.165) is 6.42 Å². The molecular weight excluding hydrogens is 282 g/mol. The molecule has 1 heterocycles. The standard InChI is InChI=1S/C16H19N3O3/c1-3-8-17-15(21)10(2)18-16(22)12-9-14(20)19-13-7-5-4-6-11(12)13/h4-7,9-10H,3,8H2,1-2H3,(H,17,21)(H,18,22)(H,19,20)/t10-/m1/s1. The maximum Gasteiger partial charge on any atom is 0.252 e. The van der Waals surface area contributed by atoms with Gasteiger partial charge in [0.1, 0.15) is 6.04 Å². The molecule has 0 saturated carbocycles. The summed E-state index contributed by atoms with van der Waals surface area (Å²) in [5.41, 5.74) is 0.490. The summed E-state index contributed by atoms with van der Waals surface area (Å²) in [5, 5.41) is 5.98. The zero-order valence-corrected chi connectivity index (χ0v) is 12.6. The quantitative estimate of drug-likeness (QED) is 0.774. The topological polar surface area (TPSA) is 91.1 Å². The van der Waals surface area contributed by atoms with Gasteiger partial charge in [0.2, 0.25) is 11.5 Å². The van der Waals surface area contributed by atoms with Crippen molar-refractivity contribution in [1.82, 2.24) is 15.6 Å². The minimum Gasteiger partial charge on any atom is -0.354 e. The summed E-state index contributed by atoms with van der Waals surface area (Å²) >= 11 is 0. The zero-order chi connectivity index (χ0) is 16.1. The molecule has 6 nitrogen and oxygen atoms in total. The van der Waals surface area contributed by atoms with Crippen LogP contribution in [0.2, 0.25) is 0 Å². The number of carbonyl (C=O) groups is 2. The lowest BCUT2D eigenvalue weighted by Gasteiger charge is -2.14. The van der Waals surface area contributed by atoms with Gasteiger partial charge >= 0.3 is 0 Å². The molecule has 0 saturated heterocycles. The van der Waals surface area contributed by atoms with Gasteiger partial charge in [0, 0.05) is 23.5 Å². The van der Waals surface area contributed by atoms with Gasteiger partial charge in [-0.3, -0.25) is 14.4 Å². The minimum atomic E-state index is -0.669. The number of hydrogen-bond donors (Lipinski definition) is 3. The summed E-state index contributed by atoms with van der Waals surface area (Å²) in [4.78, 5) is 38.5. The van der Waals surface area contributed by atoms with Crippen LogP contribution in [0.25, 0.3) is 10.9 Å². The highest BCUT2D eigenvalue weighted by Gasteiger charge is 2.18. The van der Waals surface area contributed by atoms with Gasteiger partial charge in [-0.25, -0.2) is 0 Å². The largest absolute Gasteiger partial charge is 0.354 e. The summed E-state index contributed by atoms with van der Waals surface area (Å²) in [6.45, 7) is 4.12. The lowest BCUT2D eigenvalue weighted by molar-refractivity contribution is -0.122. The van der Waals surface area contributed by atoms with Gasteiger partial charge in [-0.2, -0.15) is 0 Å². The highest BCUT2D eigenvalue weighted by molar-refractivity contribution is 6.07. The predicted octanol–water partition coefficient (Wildman–Crippen LogP) is 1.17. The van der Waals surface area contributed by atoms with Gasteiger partial charge in [-0.1, -0.05) is 25.1 Å². The van der Waals surface area contributed by atoms with Crippen molar-refractivity contribution < 1.29 is 9.59 Å². The van der Waals surface area contributed by atoms with Gasteiger partial charge < -0.3 is 15.6 Å². The lowest BCUT2D eigenvalue weighted by Crippen LogP contribution is -2.45. The molecule has 0 aliphatic heterocycles. The Morgan fingerprint density at radius 3 is 2.73 bits per heavy atom. The molecule has 2 amide bonds. The van der Waals surface area contributed by atoms with Crippen molar-refractivity contribution in [2.24, 2.45) is 0 Å². The highest BCUT2D eigenvalue weighted by atomic mass is 16.2. The fraction of sp³-hybridized carbons (Fsp3) is 0.312. The maximum absolute atomic E-state index is 12.4. The third-order valence-corrected chi connectivity index (χ3v) is 3.29. The van der Waals surface area contributed by atoms with Crippen LogP contribution >= 0.6 is 0 Å². The van der Waals surface area contributed by atoms with E-state index in [1.807, 2.05) is 6.92 Å². The maximum atomic E-state index is 12.4. The Morgan fingerprint density at radius 2 is 2.00 bits per heavy atom. The number of para-hydroxylation sites is 1. The Bertz CT molecular complexity index is 752. The molecular formula is C16H19N3O3. The summed E-state index contributed by atoms with van der Waals surface area (Å²) in [7, 11) is 0.